The molecule has 1 N–H and O–H groups in total. The van der Waals surface area contributed by atoms with Crippen molar-refractivity contribution in [2.75, 3.05) is 31.9 Å². The van der Waals surface area contributed by atoms with E-state index in [-0.39, 0.29) is 17.9 Å². The molecule has 2 rings (SSSR count). The Morgan fingerprint density at radius 3 is 2.22 bits per heavy atom. The van der Waals surface area contributed by atoms with Crippen LogP contribution in [0.1, 0.15) is 31.9 Å². The van der Waals surface area contributed by atoms with Crippen LogP contribution in [0.3, 0.4) is 0 Å². The van der Waals surface area contributed by atoms with Crippen LogP contribution in [0.15, 0.2) is 36.4 Å². The maximum absolute atomic E-state index is 13.3. The third-order valence-electron chi connectivity index (χ3n) is 4.97. The molecule has 0 bridgehead atoms. The van der Waals surface area contributed by atoms with E-state index in [1.54, 1.807) is 51.3 Å². The Morgan fingerprint density at radius 1 is 1.06 bits per heavy atom. The van der Waals surface area contributed by atoms with E-state index in [2.05, 4.69) is 5.32 Å². The average molecular weight is 485 g/mol. The molecule has 0 heterocycles. The predicted octanol–water partition coefficient (Wildman–Crippen LogP) is 3.79. The molecule has 32 heavy (non-hydrogen) atoms. The van der Waals surface area contributed by atoms with Crippen LogP contribution in [0.25, 0.3) is 0 Å². The summed E-state index contributed by atoms with van der Waals surface area (Å²) in [5.74, 6) is 0.990. The van der Waals surface area contributed by atoms with E-state index in [0.29, 0.717) is 22.1 Å². The lowest BCUT2D eigenvalue weighted by Gasteiger charge is -2.32. The fourth-order valence-corrected chi connectivity index (χ4v) is 4.81. The molecule has 0 spiro atoms. The third-order valence-corrected chi connectivity index (χ3v) is 6.37. The Hall–Kier alpha value is -2.65. The lowest BCUT2D eigenvalue weighted by Crippen LogP contribution is -2.49. The summed E-state index contributed by atoms with van der Waals surface area (Å²) in [7, 11) is 0.643. The Bertz CT molecular complexity index is 1060. The van der Waals surface area contributed by atoms with Gasteiger partial charge in [0.15, 0.2) is 0 Å². The number of benzene rings is 2. The van der Waals surface area contributed by atoms with Gasteiger partial charge in [-0.3, -0.25) is 9.10 Å². The number of hydrogen-bond donors (Lipinski definition) is 1. The molecular formula is C22H29ClN2O6S. The maximum Gasteiger partial charge on any atom is 0.244 e. The van der Waals surface area contributed by atoms with Crippen LogP contribution < -0.4 is 23.8 Å². The van der Waals surface area contributed by atoms with Gasteiger partial charge in [0.2, 0.25) is 15.9 Å². The van der Waals surface area contributed by atoms with Gasteiger partial charge >= 0.3 is 0 Å². The van der Waals surface area contributed by atoms with Gasteiger partial charge in [0.05, 0.1) is 39.3 Å². The molecule has 0 aliphatic carbocycles. The quantitative estimate of drug-likeness (QED) is 0.551. The highest BCUT2D eigenvalue weighted by atomic mass is 35.5. The molecule has 0 aromatic heterocycles. The van der Waals surface area contributed by atoms with E-state index < -0.39 is 28.0 Å². The number of carbonyl (C=O) groups excluding carboxylic acids is 1. The highest BCUT2D eigenvalue weighted by Gasteiger charge is 2.34. The second-order valence-electron chi connectivity index (χ2n) is 7.14. The van der Waals surface area contributed by atoms with Crippen molar-refractivity contribution in [1.29, 1.82) is 0 Å². The van der Waals surface area contributed by atoms with Crippen molar-refractivity contribution < 1.29 is 27.4 Å². The number of ether oxygens (including phenoxy) is 3. The molecule has 2 aromatic rings. The molecule has 0 fully saturated rings. The summed E-state index contributed by atoms with van der Waals surface area (Å²) in [6.07, 6.45) is 1.26. The lowest BCUT2D eigenvalue weighted by molar-refractivity contribution is -0.122. The summed E-state index contributed by atoms with van der Waals surface area (Å²) < 4.78 is 42.6. The first-order valence-corrected chi connectivity index (χ1v) is 12.1. The molecule has 176 valence electrons. The van der Waals surface area contributed by atoms with Crippen LogP contribution in [0.2, 0.25) is 5.02 Å². The Morgan fingerprint density at radius 2 is 1.69 bits per heavy atom. The molecule has 8 nitrogen and oxygen atoms in total. The molecule has 0 radical (unpaired) electrons. The monoisotopic (exact) mass is 484 g/mol. The molecular weight excluding hydrogens is 456 g/mol. The van der Waals surface area contributed by atoms with Crippen molar-refractivity contribution in [2.24, 2.45) is 0 Å². The average Bonchev–Trinajstić information content (AvgIpc) is 2.75. The summed E-state index contributed by atoms with van der Waals surface area (Å²) in [6.45, 7) is 3.52. The molecule has 10 heteroatoms. The first-order valence-electron chi connectivity index (χ1n) is 9.92. The number of nitrogens with one attached hydrogen (secondary N) is 1. The number of amides is 1. The van der Waals surface area contributed by atoms with Crippen molar-refractivity contribution >= 4 is 33.2 Å². The van der Waals surface area contributed by atoms with Gasteiger partial charge < -0.3 is 19.5 Å². The minimum atomic E-state index is -3.86. The van der Waals surface area contributed by atoms with E-state index in [4.69, 9.17) is 25.8 Å². The topological polar surface area (TPSA) is 94.2 Å². The summed E-state index contributed by atoms with van der Waals surface area (Å²) in [6, 6.07) is 8.36. The number of methoxy groups -OCH3 is 3. The normalized spacial score (nSPS) is 13.1. The van der Waals surface area contributed by atoms with Crippen molar-refractivity contribution in [1.82, 2.24) is 5.32 Å². The minimum Gasteiger partial charge on any atom is -0.497 e. The molecule has 0 unspecified atom stereocenters. The zero-order valence-corrected chi connectivity index (χ0v) is 20.6. The van der Waals surface area contributed by atoms with Crippen molar-refractivity contribution in [2.45, 2.75) is 32.4 Å². The SMILES string of the molecule is CC[C@H](C(=O)N[C@@H](C)c1cc(OC)ccc1OC)N(c1cc(Cl)ccc1OC)S(C)(=O)=O. The van der Waals surface area contributed by atoms with Gasteiger partial charge in [-0.15, -0.1) is 0 Å². The number of sulfonamides is 1. The molecule has 2 aromatic carbocycles. The predicted molar refractivity (Wildman–Crippen MR) is 126 cm³/mol. The molecule has 0 saturated heterocycles. The number of halogens is 1. The second-order valence-corrected chi connectivity index (χ2v) is 9.43. The van der Waals surface area contributed by atoms with Gasteiger partial charge in [-0.1, -0.05) is 18.5 Å². The van der Waals surface area contributed by atoms with Gasteiger partial charge in [-0.2, -0.15) is 0 Å². The Kier molecular flexibility index (Phi) is 8.63. The zero-order chi connectivity index (χ0) is 24.1. The van der Waals surface area contributed by atoms with Crippen LogP contribution in [-0.2, 0) is 14.8 Å². The van der Waals surface area contributed by atoms with E-state index in [1.165, 1.54) is 20.3 Å². The van der Waals surface area contributed by atoms with Crippen molar-refractivity contribution in [3.8, 4) is 17.2 Å². The highest BCUT2D eigenvalue weighted by Crippen LogP contribution is 2.35. The number of carbonyl (C=O) groups is 1. The molecule has 0 aliphatic rings. The van der Waals surface area contributed by atoms with E-state index in [9.17, 15) is 13.2 Å². The summed E-state index contributed by atoms with van der Waals surface area (Å²) in [4.78, 5) is 13.3. The summed E-state index contributed by atoms with van der Waals surface area (Å²) >= 11 is 6.12. The minimum absolute atomic E-state index is 0.191. The third kappa shape index (κ3) is 5.77. The zero-order valence-electron chi connectivity index (χ0n) is 19.0. The van der Waals surface area contributed by atoms with E-state index in [1.807, 2.05) is 0 Å². The summed E-state index contributed by atoms with van der Waals surface area (Å²) in [5.41, 5.74) is 0.886. The Balaban J connectivity index is 2.45. The maximum atomic E-state index is 13.3. The van der Waals surface area contributed by atoms with Crippen LogP contribution in [0.5, 0.6) is 17.2 Å². The smallest absolute Gasteiger partial charge is 0.244 e. The van der Waals surface area contributed by atoms with E-state index in [0.717, 1.165) is 10.6 Å². The van der Waals surface area contributed by atoms with Crippen LogP contribution in [0.4, 0.5) is 5.69 Å². The molecule has 0 saturated carbocycles. The summed E-state index contributed by atoms with van der Waals surface area (Å²) in [5, 5.41) is 3.21. The van der Waals surface area contributed by atoms with Gasteiger partial charge in [0, 0.05) is 10.6 Å². The van der Waals surface area contributed by atoms with E-state index >= 15 is 0 Å². The number of hydrogen-bond acceptors (Lipinski definition) is 6. The fourth-order valence-electron chi connectivity index (χ4n) is 3.44. The lowest BCUT2D eigenvalue weighted by atomic mass is 10.1. The molecule has 1 amide bonds. The number of anilines is 1. The van der Waals surface area contributed by atoms with Gasteiger partial charge in [-0.05, 0) is 49.7 Å². The first kappa shape index (κ1) is 25.6. The van der Waals surface area contributed by atoms with Crippen molar-refractivity contribution in [3.05, 3.63) is 47.0 Å². The highest BCUT2D eigenvalue weighted by molar-refractivity contribution is 7.92. The van der Waals surface area contributed by atoms with Crippen LogP contribution in [-0.4, -0.2) is 48.0 Å². The largest absolute Gasteiger partial charge is 0.497 e. The number of rotatable bonds is 10. The van der Waals surface area contributed by atoms with Gasteiger partial charge in [-0.25, -0.2) is 8.42 Å². The fraction of sp³-hybridized carbons (Fsp3) is 0.409. The molecule has 0 aliphatic heterocycles. The van der Waals surface area contributed by atoms with Crippen molar-refractivity contribution in [3.63, 3.8) is 0 Å². The second kappa shape index (κ2) is 10.8. The van der Waals surface area contributed by atoms with Crippen LogP contribution >= 0.6 is 11.6 Å². The van der Waals surface area contributed by atoms with Gasteiger partial charge in [0.25, 0.3) is 0 Å². The standard InChI is InChI=1S/C22H29ClN2O6S/c1-7-18(25(32(6,27)28)19-12-15(23)8-10-21(19)31-5)22(26)24-14(2)17-13-16(29-3)9-11-20(17)30-4/h8-14,18H,7H2,1-6H3,(H,24,26)/t14-,18+/m0/s1. The molecule has 2 atom stereocenters. The van der Waals surface area contributed by atoms with Crippen LogP contribution in [0, 0.1) is 0 Å². The first-order chi connectivity index (χ1) is 15.1. The Labute approximate surface area is 194 Å². The number of nitrogens with zero attached hydrogens (tertiary/aromatic N) is 1. The van der Waals surface area contributed by atoms with Gasteiger partial charge in [0.1, 0.15) is 23.3 Å².